The largest absolute Gasteiger partial charge is 0.422 e. The van der Waals surface area contributed by atoms with Gasteiger partial charge in [-0.1, -0.05) is 20.3 Å². The Hall–Kier alpha value is -2.23. The van der Waals surface area contributed by atoms with E-state index in [0.717, 1.165) is 19.3 Å². The van der Waals surface area contributed by atoms with Crippen molar-refractivity contribution in [1.29, 1.82) is 0 Å². The number of H-pyrrole nitrogens is 1. The maximum Gasteiger partial charge on any atom is 0.422 e. The number of carbonyl (C=O) groups is 1. The normalized spacial score (nSPS) is 19.6. The zero-order valence-electron chi connectivity index (χ0n) is 17.8. The van der Waals surface area contributed by atoms with Gasteiger partial charge in [0.2, 0.25) is 0 Å². The highest BCUT2D eigenvalue weighted by Crippen LogP contribution is 2.41. The minimum Gasteiger partial charge on any atom is -0.339 e. The van der Waals surface area contributed by atoms with Crippen molar-refractivity contribution in [2.24, 2.45) is 0 Å². The van der Waals surface area contributed by atoms with E-state index in [1.54, 1.807) is 9.80 Å². The third-order valence-corrected chi connectivity index (χ3v) is 5.95. The summed E-state index contributed by atoms with van der Waals surface area (Å²) in [5.74, 6) is -0.802. The number of nitrogens with zero attached hydrogens (tertiary/aromatic N) is 3. The topological polar surface area (TPSA) is 69.3 Å². The van der Waals surface area contributed by atoms with Crippen LogP contribution in [0.15, 0.2) is 16.2 Å². The summed E-state index contributed by atoms with van der Waals surface area (Å²) in [5, 5.41) is 5.86. The molecule has 2 aliphatic rings. The number of nitrogens with one attached hydrogen (secondary N) is 1. The van der Waals surface area contributed by atoms with Crippen molar-refractivity contribution in [3.05, 3.63) is 38.6 Å². The molecule has 1 aliphatic carbocycles. The van der Waals surface area contributed by atoms with Crippen LogP contribution in [-0.4, -0.2) is 52.1 Å². The van der Waals surface area contributed by atoms with Gasteiger partial charge < -0.3 is 4.90 Å². The van der Waals surface area contributed by atoms with Crippen LogP contribution in [0, 0.1) is 0 Å². The van der Waals surface area contributed by atoms with Crippen molar-refractivity contribution in [2.45, 2.75) is 64.6 Å². The Morgan fingerprint density at radius 3 is 2.61 bits per heavy atom. The molecule has 31 heavy (non-hydrogen) atoms. The maximum atomic E-state index is 14.6. The molecular weight excluding hydrogens is 416 g/mol. The number of alkyl halides is 3. The van der Waals surface area contributed by atoms with Gasteiger partial charge in [0.05, 0.1) is 17.3 Å². The van der Waals surface area contributed by atoms with Crippen molar-refractivity contribution in [3.63, 3.8) is 0 Å². The van der Waals surface area contributed by atoms with Gasteiger partial charge in [0.15, 0.2) is 0 Å². The highest BCUT2D eigenvalue weighted by atomic mass is 19.4. The number of rotatable bonds is 7. The van der Waals surface area contributed by atoms with Crippen LogP contribution in [0.2, 0.25) is 0 Å². The van der Waals surface area contributed by atoms with Gasteiger partial charge in [0.1, 0.15) is 11.4 Å². The second kappa shape index (κ2) is 9.50. The quantitative estimate of drug-likeness (QED) is 0.651. The number of hydrogen-bond donors (Lipinski definition) is 1. The lowest BCUT2D eigenvalue weighted by Crippen LogP contribution is -2.42. The van der Waals surface area contributed by atoms with Crippen LogP contribution in [-0.2, 0) is 17.4 Å². The molecule has 0 saturated heterocycles. The SMILES string of the molecule is CCCCN(CCC)C(=O)C1=C(F)CCN(C2CCc3c2n[nH]c(=O)c3C(F)(F)F)C1. The van der Waals surface area contributed by atoms with Crippen LogP contribution in [0.4, 0.5) is 17.6 Å². The minimum absolute atomic E-state index is 0.0171. The fourth-order valence-corrected chi connectivity index (χ4v) is 4.44. The van der Waals surface area contributed by atoms with E-state index >= 15 is 0 Å². The molecule has 0 spiro atoms. The fraction of sp³-hybridized carbons (Fsp3) is 0.667. The van der Waals surface area contributed by atoms with Crippen molar-refractivity contribution in [2.75, 3.05) is 26.2 Å². The molecule has 1 atom stereocenters. The second-order valence-electron chi connectivity index (χ2n) is 8.09. The van der Waals surface area contributed by atoms with Crippen LogP contribution < -0.4 is 5.56 Å². The Labute approximate surface area is 178 Å². The molecule has 0 aromatic carbocycles. The average Bonchev–Trinajstić information content (AvgIpc) is 3.13. The van der Waals surface area contributed by atoms with Gasteiger partial charge in [-0.15, -0.1) is 0 Å². The fourth-order valence-electron chi connectivity index (χ4n) is 4.44. The van der Waals surface area contributed by atoms with Gasteiger partial charge in [0.25, 0.3) is 11.5 Å². The summed E-state index contributed by atoms with van der Waals surface area (Å²) in [6, 6.07) is -0.501. The summed E-state index contributed by atoms with van der Waals surface area (Å²) in [4.78, 5) is 28.2. The van der Waals surface area contributed by atoms with Crippen molar-refractivity contribution >= 4 is 5.91 Å². The molecule has 0 saturated carbocycles. The van der Waals surface area contributed by atoms with Crippen LogP contribution in [0.3, 0.4) is 0 Å². The highest BCUT2D eigenvalue weighted by molar-refractivity contribution is 5.94. The summed E-state index contributed by atoms with van der Waals surface area (Å²) >= 11 is 0. The Kier molecular flexibility index (Phi) is 7.18. The number of unbranched alkanes of at least 4 members (excludes halogenated alkanes) is 1. The highest BCUT2D eigenvalue weighted by Gasteiger charge is 2.43. The lowest BCUT2D eigenvalue weighted by Gasteiger charge is -2.34. The Balaban J connectivity index is 1.85. The van der Waals surface area contributed by atoms with E-state index < -0.39 is 29.2 Å². The predicted molar refractivity (Wildman–Crippen MR) is 107 cm³/mol. The smallest absolute Gasteiger partial charge is 0.339 e. The summed E-state index contributed by atoms with van der Waals surface area (Å²) < 4.78 is 54.8. The zero-order chi connectivity index (χ0) is 22.8. The molecule has 1 aromatic heterocycles. The van der Waals surface area contributed by atoms with Crippen LogP contribution >= 0.6 is 0 Å². The van der Waals surface area contributed by atoms with E-state index in [1.807, 2.05) is 18.9 Å². The monoisotopic (exact) mass is 444 g/mol. The van der Waals surface area contributed by atoms with Gasteiger partial charge in [-0.3, -0.25) is 14.5 Å². The number of carbonyl (C=O) groups excluding carboxylic acids is 1. The number of fused-ring (bicyclic) bond motifs is 1. The third-order valence-electron chi connectivity index (χ3n) is 5.95. The molecule has 1 unspecified atom stereocenters. The average molecular weight is 444 g/mol. The molecular formula is C21H28F4N4O2. The van der Waals surface area contributed by atoms with Gasteiger partial charge in [0, 0.05) is 32.6 Å². The van der Waals surface area contributed by atoms with Gasteiger partial charge in [-0.05, 0) is 31.2 Å². The van der Waals surface area contributed by atoms with Crippen molar-refractivity contribution in [3.8, 4) is 0 Å². The summed E-state index contributed by atoms with van der Waals surface area (Å²) in [6.45, 7) is 5.33. The number of hydrogen-bond acceptors (Lipinski definition) is 4. The van der Waals surface area contributed by atoms with E-state index in [-0.39, 0.29) is 48.7 Å². The van der Waals surface area contributed by atoms with E-state index in [4.69, 9.17) is 0 Å². The van der Waals surface area contributed by atoms with Crippen LogP contribution in [0.1, 0.15) is 68.8 Å². The van der Waals surface area contributed by atoms with Crippen molar-refractivity contribution in [1.82, 2.24) is 20.0 Å². The predicted octanol–water partition coefficient (Wildman–Crippen LogP) is 3.74. The Morgan fingerprint density at radius 1 is 1.23 bits per heavy atom. The first-order valence-corrected chi connectivity index (χ1v) is 10.8. The van der Waals surface area contributed by atoms with Crippen LogP contribution in [0.25, 0.3) is 0 Å². The van der Waals surface area contributed by atoms with Crippen molar-refractivity contribution < 1.29 is 22.4 Å². The van der Waals surface area contributed by atoms with Gasteiger partial charge >= 0.3 is 6.18 Å². The number of amides is 1. The Morgan fingerprint density at radius 2 is 1.97 bits per heavy atom. The first kappa shape index (κ1) is 23.4. The number of aromatic amines is 1. The van der Waals surface area contributed by atoms with E-state index in [2.05, 4.69) is 5.10 Å². The molecule has 1 aliphatic heterocycles. The molecule has 3 rings (SSSR count). The lowest BCUT2D eigenvalue weighted by molar-refractivity contribution is -0.139. The van der Waals surface area contributed by atoms with E-state index in [0.29, 0.717) is 19.5 Å². The molecule has 0 fully saturated rings. The summed E-state index contributed by atoms with van der Waals surface area (Å²) in [5.41, 5.74) is -2.32. The molecule has 1 aromatic rings. The third kappa shape index (κ3) is 4.83. The van der Waals surface area contributed by atoms with E-state index in [9.17, 15) is 27.2 Å². The van der Waals surface area contributed by atoms with Gasteiger partial charge in [-0.2, -0.15) is 18.3 Å². The first-order chi connectivity index (χ1) is 14.7. The number of aromatic nitrogens is 2. The number of halogens is 4. The molecule has 0 bridgehead atoms. The van der Waals surface area contributed by atoms with Crippen LogP contribution in [0.5, 0.6) is 0 Å². The molecule has 172 valence electrons. The molecule has 1 N–H and O–H groups in total. The minimum atomic E-state index is -4.77. The molecule has 2 heterocycles. The Bertz CT molecular complexity index is 910. The maximum absolute atomic E-state index is 14.6. The lowest BCUT2D eigenvalue weighted by atomic mass is 10.0. The second-order valence-corrected chi connectivity index (χ2v) is 8.09. The molecule has 1 amide bonds. The summed E-state index contributed by atoms with van der Waals surface area (Å²) in [7, 11) is 0. The molecule has 0 radical (unpaired) electrons. The van der Waals surface area contributed by atoms with E-state index in [1.165, 1.54) is 0 Å². The zero-order valence-corrected chi connectivity index (χ0v) is 17.8. The van der Waals surface area contributed by atoms with Gasteiger partial charge in [-0.25, -0.2) is 9.49 Å². The first-order valence-electron chi connectivity index (χ1n) is 10.8. The standard InChI is InChI=1S/C21H28F4N4O2/c1-3-5-10-28(9-4-2)20(31)14-12-29(11-8-15(14)22)16-7-6-13-17(21(23,24)25)19(30)27-26-18(13)16/h16H,3-12H2,1-2H3,(H,27,30). The summed E-state index contributed by atoms with van der Waals surface area (Å²) in [6.07, 6.45) is -1.87. The molecule has 10 heteroatoms. The molecule has 6 nitrogen and oxygen atoms in total.